The van der Waals surface area contributed by atoms with Gasteiger partial charge in [-0.3, -0.25) is 4.79 Å². The Labute approximate surface area is 229 Å². The van der Waals surface area contributed by atoms with Gasteiger partial charge >= 0.3 is 0 Å². The number of carbonyl (C=O) groups excluding carboxylic acids is 2. The fourth-order valence-electron chi connectivity index (χ4n) is 4.43. The summed E-state index contributed by atoms with van der Waals surface area (Å²) >= 11 is 6.60. The molecular formula is C27H37ClN6O4. The van der Waals surface area contributed by atoms with E-state index in [0.717, 1.165) is 56.7 Å². The second-order valence-electron chi connectivity index (χ2n) is 8.77. The van der Waals surface area contributed by atoms with E-state index in [2.05, 4.69) is 44.8 Å². The number of hydrogen-bond acceptors (Lipinski definition) is 9. The number of halogens is 1. The Balaban J connectivity index is 0.00000195. The van der Waals surface area contributed by atoms with E-state index in [1.165, 1.54) is 7.05 Å². The van der Waals surface area contributed by atoms with Crippen LogP contribution in [0.2, 0.25) is 5.02 Å². The molecule has 1 aromatic heterocycles. The number of anilines is 2. The first-order valence-corrected chi connectivity index (χ1v) is 13.2. The number of morpholine rings is 1. The molecule has 3 heterocycles. The molecule has 0 unspecified atom stereocenters. The Morgan fingerprint density at radius 1 is 1.24 bits per heavy atom. The third-order valence-electron chi connectivity index (χ3n) is 6.48. The van der Waals surface area contributed by atoms with Gasteiger partial charge in [0, 0.05) is 50.3 Å². The number of hydrogen-bond donors (Lipinski definition) is 2. The van der Waals surface area contributed by atoms with Crippen LogP contribution in [0.1, 0.15) is 25.7 Å². The van der Waals surface area contributed by atoms with Gasteiger partial charge in [0.25, 0.3) is 0 Å². The van der Waals surface area contributed by atoms with Gasteiger partial charge in [-0.2, -0.15) is 0 Å². The van der Waals surface area contributed by atoms with Crippen molar-refractivity contribution in [1.82, 2.24) is 9.88 Å². The number of nitrogens with two attached hydrogens (primary N) is 1. The molecule has 0 bridgehead atoms. The molecule has 2 aromatic rings. The van der Waals surface area contributed by atoms with Gasteiger partial charge in [0.15, 0.2) is 5.82 Å². The van der Waals surface area contributed by atoms with E-state index in [4.69, 9.17) is 21.1 Å². The van der Waals surface area contributed by atoms with Crippen LogP contribution in [0.25, 0.3) is 11.3 Å². The van der Waals surface area contributed by atoms with Crippen LogP contribution in [-0.2, 0) is 19.1 Å². The number of carbonyl (C=O) groups is 2. The lowest BCUT2D eigenvalue weighted by Gasteiger charge is -2.32. The van der Waals surface area contributed by atoms with Gasteiger partial charge in [-0.1, -0.05) is 23.7 Å². The molecule has 11 heteroatoms. The predicted molar refractivity (Wildman–Crippen MR) is 152 cm³/mol. The Morgan fingerprint density at radius 3 is 2.55 bits per heavy atom. The third kappa shape index (κ3) is 7.97. The van der Waals surface area contributed by atoms with Crippen molar-refractivity contribution in [1.29, 1.82) is 0 Å². The Hall–Kier alpha value is -3.05. The maximum absolute atomic E-state index is 12.1. The number of benzene rings is 1. The monoisotopic (exact) mass is 544 g/mol. The van der Waals surface area contributed by atoms with Gasteiger partial charge in [0.05, 0.1) is 35.7 Å². The standard InChI is InChI=1S/C26H32ClN5O4.CH5N/c1-28-26-23(29-18-36-21-8-10-32(11-9-21)24(34)3-2-14-33)17-22(27)25(30-26)19-4-6-20(7-5-19)31-12-15-35-16-13-31;1-2/h4-7,14,17,21,29H,1-3,8-13,15-16,18H2;2H2,1H3. The molecule has 2 saturated heterocycles. The van der Waals surface area contributed by atoms with Crippen LogP contribution in [0.5, 0.6) is 0 Å². The summed E-state index contributed by atoms with van der Waals surface area (Å²) < 4.78 is 11.4. The molecule has 38 heavy (non-hydrogen) atoms. The number of nitrogens with one attached hydrogen (secondary N) is 1. The van der Waals surface area contributed by atoms with Crippen LogP contribution >= 0.6 is 11.6 Å². The van der Waals surface area contributed by atoms with E-state index >= 15 is 0 Å². The highest BCUT2D eigenvalue weighted by Crippen LogP contribution is 2.34. The van der Waals surface area contributed by atoms with Crippen molar-refractivity contribution in [3.8, 4) is 11.3 Å². The van der Waals surface area contributed by atoms with Crippen molar-refractivity contribution in [2.45, 2.75) is 31.8 Å². The average Bonchev–Trinajstić information content (AvgIpc) is 2.98. The van der Waals surface area contributed by atoms with E-state index in [9.17, 15) is 9.59 Å². The number of likely N-dealkylation sites (tertiary alicyclic amines) is 1. The molecule has 1 aromatic carbocycles. The maximum Gasteiger partial charge on any atom is 0.223 e. The van der Waals surface area contributed by atoms with Crippen molar-refractivity contribution >= 4 is 47.7 Å². The lowest BCUT2D eigenvalue weighted by Crippen LogP contribution is -2.41. The van der Waals surface area contributed by atoms with Crippen LogP contribution in [0.3, 0.4) is 0 Å². The largest absolute Gasteiger partial charge is 0.378 e. The molecule has 0 aliphatic carbocycles. The summed E-state index contributed by atoms with van der Waals surface area (Å²) in [5, 5.41) is 3.71. The third-order valence-corrected chi connectivity index (χ3v) is 6.76. The van der Waals surface area contributed by atoms with Crippen LogP contribution in [0, 0.1) is 0 Å². The summed E-state index contributed by atoms with van der Waals surface area (Å²) in [6.07, 6.45) is 2.87. The van der Waals surface area contributed by atoms with Crippen LogP contribution in [0.4, 0.5) is 17.2 Å². The van der Waals surface area contributed by atoms with E-state index in [0.29, 0.717) is 35.3 Å². The fourth-order valence-corrected chi connectivity index (χ4v) is 4.69. The molecule has 2 fully saturated rings. The minimum Gasteiger partial charge on any atom is -0.378 e. The van der Waals surface area contributed by atoms with E-state index in [1.54, 1.807) is 11.0 Å². The molecule has 0 radical (unpaired) electrons. The summed E-state index contributed by atoms with van der Waals surface area (Å²) in [5.74, 6) is 0.475. The number of rotatable bonds is 10. The topological polar surface area (TPSA) is 122 Å². The summed E-state index contributed by atoms with van der Waals surface area (Å²) in [5.41, 5.74) is 7.84. The van der Waals surface area contributed by atoms with Gasteiger partial charge < -0.3 is 35.1 Å². The molecule has 3 N–H and O–H groups in total. The number of aliphatic imine (C=N–C) groups is 1. The zero-order valence-corrected chi connectivity index (χ0v) is 22.7. The van der Waals surface area contributed by atoms with Crippen molar-refractivity contribution in [3.05, 3.63) is 35.4 Å². The van der Waals surface area contributed by atoms with Gasteiger partial charge in [-0.05, 0) is 44.8 Å². The SMILES string of the molecule is C=Nc1nc(-c2ccc(N3CCOCC3)cc2)c(Cl)cc1NCOC1CCN(C(=O)CCC=O)CC1.CN. The highest BCUT2D eigenvalue weighted by Gasteiger charge is 2.23. The second kappa shape index (κ2) is 15.4. The zero-order valence-electron chi connectivity index (χ0n) is 21.9. The normalized spacial score (nSPS) is 15.9. The van der Waals surface area contributed by atoms with Crippen LogP contribution < -0.4 is 16.0 Å². The van der Waals surface area contributed by atoms with Crippen LogP contribution in [-0.4, -0.2) is 88.1 Å². The molecule has 2 aliphatic heterocycles. The number of aldehydes is 1. The summed E-state index contributed by atoms with van der Waals surface area (Å²) in [6, 6.07) is 9.96. The predicted octanol–water partition coefficient (Wildman–Crippen LogP) is 3.50. The molecule has 1 amide bonds. The first kappa shape index (κ1) is 29.5. The number of ether oxygens (including phenoxy) is 2. The van der Waals surface area contributed by atoms with Crippen LogP contribution in [0.15, 0.2) is 35.3 Å². The summed E-state index contributed by atoms with van der Waals surface area (Å²) in [4.78, 5) is 35.3. The highest BCUT2D eigenvalue weighted by atomic mass is 35.5. The average molecular weight is 545 g/mol. The van der Waals surface area contributed by atoms with Crippen molar-refractivity contribution < 1.29 is 19.1 Å². The molecular weight excluding hydrogens is 508 g/mol. The van der Waals surface area contributed by atoms with E-state index in [1.807, 2.05) is 12.1 Å². The molecule has 0 atom stereocenters. The minimum atomic E-state index is 0.0249. The van der Waals surface area contributed by atoms with Gasteiger partial charge in [-0.25, -0.2) is 9.98 Å². The molecule has 0 saturated carbocycles. The second-order valence-corrected chi connectivity index (χ2v) is 9.17. The van der Waals surface area contributed by atoms with Crippen molar-refractivity contribution in [3.63, 3.8) is 0 Å². The molecule has 10 nitrogen and oxygen atoms in total. The van der Waals surface area contributed by atoms with E-state index in [-0.39, 0.29) is 31.6 Å². The Kier molecular flexibility index (Phi) is 11.9. The fraction of sp³-hybridized carbons (Fsp3) is 0.481. The number of piperidine rings is 1. The van der Waals surface area contributed by atoms with Gasteiger partial charge in [0.2, 0.25) is 5.91 Å². The minimum absolute atomic E-state index is 0.0249. The molecule has 2 aliphatic rings. The van der Waals surface area contributed by atoms with E-state index < -0.39 is 0 Å². The molecule has 206 valence electrons. The van der Waals surface area contributed by atoms with Crippen molar-refractivity contribution in [2.24, 2.45) is 10.7 Å². The quantitative estimate of drug-likeness (QED) is 0.265. The summed E-state index contributed by atoms with van der Waals surface area (Å²) in [6.45, 7) is 8.43. The van der Waals surface area contributed by atoms with Gasteiger partial charge in [-0.15, -0.1) is 0 Å². The van der Waals surface area contributed by atoms with Gasteiger partial charge in [0.1, 0.15) is 13.0 Å². The Bertz CT molecular complexity index is 1050. The lowest BCUT2D eigenvalue weighted by molar-refractivity contribution is -0.134. The molecule has 4 rings (SSSR count). The zero-order chi connectivity index (χ0) is 27.3. The number of amides is 1. The van der Waals surface area contributed by atoms with Crippen molar-refractivity contribution in [2.75, 3.05) is 63.4 Å². The first-order valence-electron chi connectivity index (χ1n) is 12.8. The Morgan fingerprint density at radius 2 is 1.92 bits per heavy atom. The number of aromatic nitrogens is 1. The maximum atomic E-state index is 12.1. The number of pyridine rings is 1. The molecule has 0 spiro atoms. The first-order chi connectivity index (χ1) is 18.6. The summed E-state index contributed by atoms with van der Waals surface area (Å²) in [7, 11) is 1.50. The highest BCUT2D eigenvalue weighted by molar-refractivity contribution is 6.33. The smallest absolute Gasteiger partial charge is 0.223 e. The number of nitrogens with zero attached hydrogens (tertiary/aromatic N) is 4. The lowest BCUT2D eigenvalue weighted by atomic mass is 10.1.